The zero-order chi connectivity index (χ0) is 13.2. The summed E-state index contributed by atoms with van der Waals surface area (Å²) in [6.07, 6.45) is 0. The molecule has 0 aliphatic carbocycles. The molecular weight excluding hydrogens is 225 g/mol. The second-order valence-electron chi connectivity index (χ2n) is 4.35. The number of aryl methyl sites for hydroxylation is 1. The number of benzene rings is 1. The molecule has 1 amide bonds. The summed E-state index contributed by atoms with van der Waals surface area (Å²) in [7, 11) is 0. The summed E-state index contributed by atoms with van der Waals surface area (Å²) in [6, 6.07) is 4.01. The topological polar surface area (TPSA) is 66.4 Å². The number of nitrogens with one attached hydrogen (secondary N) is 1. The van der Waals surface area contributed by atoms with Gasteiger partial charge in [-0.3, -0.25) is 4.79 Å². The van der Waals surface area contributed by atoms with E-state index in [1.54, 1.807) is 6.92 Å². The Balaban J connectivity index is 2.91. The molecule has 0 heterocycles. The number of rotatable bonds is 3. The molecule has 0 unspecified atom stereocenters. The maximum atomic E-state index is 13.2. The van der Waals surface area contributed by atoms with Gasteiger partial charge in [0.15, 0.2) is 0 Å². The fourth-order valence-corrected chi connectivity index (χ4v) is 1.14. The van der Waals surface area contributed by atoms with Crippen molar-refractivity contribution in [3.63, 3.8) is 0 Å². The van der Waals surface area contributed by atoms with Gasteiger partial charge < -0.3 is 10.4 Å². The number of amides is 1. The summed E-state index contributed by atoms with van der Waals surface area (Å²) in [5.41, 5.74) is -0.861. The smallest absolute Gasteiger partial charge is 0.328 e. The summed E-state index contributed by atoms with van der Waals surface area (Å²) < 4.78 is 13.2. The average Bonchev–Trinajstić information content (AvgIpc) is 2.21. The van der Waals surface area contributed by atoms with Crippen molar-refractivity contribution < 1.29 is 19.1 Å². The minimum absolute atomic E-state index is 0.0995. The second-order valence-corrected chi connectivity index (χ2v) is 4.35. The average molecular weight is 239 g/mol. The molecule has 0 radical (unpaired) electrons. The fourth-order valence-electron chi connectivity index (χ4n) is 1.14. The van der Waals surface area contributed by atoms with Crippen LogP contribution in [0.15, 0.2) is 18.2 Å². The minimum Gasteiger partial charge on any atom is -0.480 e. The molecule has 1 rings (SSSR count). The van der Waals surface area contributed by atoms with Gasteiger partial charge in [0.2, 0.25) is 0 Å². The molecule has 0 atom stereocenters. The molecule has 17 heavy (non-hydrogen) atoms. The normalized spacial score (nSPS) is 11.1. The molecule has 92 valence electrons. The Morgan fingerprint density at radius 3 is 2.41 bits per heavy atom. The maximum absolute atomic E-state index is 13.2. The van der Waals surface area contributed by atoms with Crippen molar-refractivity contribution in [3.05, 3.63) is 35.1 Å². The summed E-state index contributed by atoms with van der Waals surface area (Å²) in [5.74, 6) is -2.26. The molecule has 1 aromatic rings. The Labute approximate surface area is 98.5 Å². The highest BCUT2D eigenvalue weighted by Crippen LogP contribution is 2.11. The lowest BCUT2D eigenvalue weighted by molar-refractivity contribution is -0.143. The lowest BCUT2D eigenvalue weighted by Crippen LogP contribution is -2.49. The van der Waals surface area contributed by atoms with E-state index in [1.807, 2.05) is 0 Å². The highest BCUT2D eigenvalue weighted by molar-refractivity contribution is 5.97. The molecule has 1 aromatic carbocycles. The lowest BCUT2D eigenvalue weighted by atomic mass is 10.0. The van der Waals surface area contributed by atoms with Crippen LogP contribution in [0.1, 0.15) is 29.8 Å². The molecule has 0 fully saturated rings. The Hall–Kier alpha value is -1.91. The van der Waals surface area contributed by atoms with Crippen LogP contribution in [0.5, 0.6) is 0 Å². The first kappa shape index (κ1) is 13.2. The van der Waals surface area contributed by atoms with E-state index in [0.717, 1.165) is 6.07 Å². The molecule has 0 aromatic heterocycles. The van der Waals surface area contributed by atoms with E-state index in [9.17, 15) is 14.0 Å². The van der Waals surface area contributed by atoms with E-state index in [1.165, 1.54) is 26.0 Å². The number of carboxylic acid groups (broad SMARTS) is 1. The van der Waals surface area contributed by atoms with Crippen LogP contribution in [0.2, 0.25) is 0 Å². The van der Waals surface area contributed by atoms with Crippen LogP contribution in [0.3, 0.4) is 0 Å². The van der Waals surface area contributed by atoms with Gasteiger partial charge in [0.1, 0.15) is 11.4 Å². The van der Waals surface area contributed by atoms with E-state index in [0.29, 0.717) is 5.56 Å². The molecule has 0 saturated heterocycles. The van der Waals surface area contributed by atoms with Gasteiger partial charge in [-0.25, -0.2) is 9.18 Å². The third-order valence-electron chi connectivity index (χ3n) is 2.39. The van der Waals surface area contributed by atoms with Crippen LogP contribution in [0.25, 0.3) is 0 Å². The first-order valence-corrected chi connectivity index (χ1v) is 5.06. The third-order valence-corrected chi connectivity index (χ3v) is 2.39. The number of hydrogen-bond acceptors (Lipinski definition) is 2. The first-order chi connectivity index (χ1) is 7.74. The van der Waals surface area contributed by atoms with Crippen LogP contribution >= 0.6 is 0 Å². The first-order valence-electron chi connectivity index (χ1n) is 5.06. The van der Waals surface area contributed by atoms with Crippen LogP contribution in [0, 0.1) is 12.7 Å². The Morgan fingerprint density at radius 2 is 1.94 bits per heavy atom. The SMILES string of the molecule is Cc1ccc(C(=O)NC(C)(C)C(=O)O)cc1F. The predicted octanol–water partition coefficient (Wildman–Crippen LogP) is 1.73. The Morgan fingerprint density at radius 1 is 1.35 bits per heavy atom. The lowest BCUT2D eigenvalue weighted by Gasteiger charge is -2.21. The van der Waals surface area contributed by atoms with Crippen molar-refractivity contribution in [1.82, 2.24) is 5.32 Å². The predicted molar refractivity (Wildman–Crippen MR) is 60.3 cm³/mol. The zero-order valence-corrected chi connectivity index (χ0v) is 9.87. The molecule has 5 heteroatoms. The highest BCUT2D eigenvalue weighted by Gasteiger charge is 2.29. The number of aliphatic carboxylic acids is 1. The minimum atomic E-state index is -1.39. The van der Waals surface area contributed by atoms with Gasteiger partial charge in [-0.15, -0.1) is 0 Å². The van der Waals surface area contributed by atoms with Gasteiger partial charge in [0.25, 0.3) is 5.91 Å². The summed E-state index contributed by atoms with van der Waals surface area (Å²) in [6.45, 7) is 4.30. The molecule has 4 nitrogen and oxygen atoms in total. The van der Waals surface area contributed by atoms with E-state index in [-0.39, 0.29) is 5.56 Å². The molecule has 0 bridgehead atoms. The van der Waals surface area contributed by atoms with Gasteiger partial charge in [-0.05, 0) is 38.5 Å². The van der Waals surface area contributed by atoms with Crippen molar-refractivity contribution in [2.75, 3.05) is 0 Å². The molecule has 2 N–H and O–H groups in total. The van der Waals surface area contributed by atoms with Crippen LogP contribution in [-0.4, -0.2) is 22.5 Å². The molecule has 0 spiro atoms. The second kappa shape index (κ2) is 4.53. The quantitative estimate of drug-likeness (QED) is 0.844. The van der Waals surface area contributed by atoms with E-state index in [2.05, 4.69) is 5.32 Å². The van der Waals surface area contributed by atoms with Gasteiger partial charge >= 0.3 is 5.97 Å². The van der Waals surface area contributed by atoms with Crippen molar-refractivity contribution in [1.29, 1.82) is 0 Å². The number of carboxylic acids is 1. The van der Waals surface area contributed by atoms with Gasteiger partial charge in [0, 0.05) is 5.56 Å². The number of carbonyl (C=O) groups is 2. The van der Waals surface area contributed by atoms with Crippen LogP contribution in [0.4, 0.5) is 4.39 Å². The van der Waals surface area contributed by atoms with Gasteiger partial charge in [-0.2, -0.15) is 0 Å². The molecule has 0 aliphatic rings. The monoisotopic (exact) mass is 239 g/mol. The number of halogens is 1. The largest absolute Gasteiger partial charge is 0.480 e. The van der Waals surface area contributed by atoms with E-state index < -0.39 is 23.2 Å². The molecule has 0 saturated carbocycles. The Kier molecular flexibility index (Phi) is 3.50. The maximum Gasteiger partial charge on any atom is 0.328 e. The van der Waals surface area contributed by atoms with Crippen molar-refractivity contribution in [2.24, 2.45) is 0 Å². The standard InChI is InChI=1S/C12H14FNO3/c1-7-4-5-8(6-9(7)13)10(15)14-12(2,3)11(16)17/h4-6H,1-3H3,(H,14,15)(H,16,17). The zero-order valence-electron chi connectivity index (χ0n) is 9.87. The van der Waals surface area contributed by atoms with E-state index in [4.69, 9.17) is 5.11 Å². The third kappa shape index (κ3) is 3.03. The van der Waals surface area contributed by atoms with Crippen molar-refractivity contribution >= 4 is 11.9 Å². The molecule has 0 aliphatic heterocycles. The van der Waals surface area contributed by atoms with Gasteiger partial charge in [-0.1, -0.05) is 6.07 Å². The fraction of sp³-hybridized carbons (Fsp3) is 0.333. The van der Waals surface area contributed by atoms with Crippen molar-refractivity contribution in [2.45, 2.75) is 26.3 Å². The summed E-state index contributed by atoms with van der Waals surface area (Å²) >= 11 is 0. The number of carbonyl (C=O) groups excluding carboxylic acids is 1. The summed E-state index contributed by atoms with van der Waals surface area (Å²) in [4.78, 5) is 22.5. The Bertz CT molecular complexity index is 469. The highest BCUT2D eigenvalue weighted by atomic mass is 19.1. The van der Waals surface area contributed by atoms with Crippen LogP contribution in [-0.2, 0) is 4.79 Å². The van der Waals surface area contributed by atoms with E-state index >= 15 is 0 Å². The number of hydrogen-bond donors (Lipinski definition) is 2. The van der Waals surface area contributed by atoms with Crippen LogP contribution < -0.4 is 5.32 Å². The van der Waals surface area contributed by atoms with Crippen molar-refractivity contribution in [3.8, 4) is 0 Å². The summed E-state index contributed by atoms with van der Waals surface area (Å²) in [5, 5.41) is 11.2. The van der Waals surface area contributed by atoms with Gasteiger partial charge in [0.05, 0.1) is 0 Å². The molecular formula is C12H14FNO3.